The molecule has 6 fully saturated rings. The Kier molecular flexibility index (Phi) is 4.03. The normalized spacial score (nSPS) is 45.4. The summed E-state index contributed by atoms with van der Waals surface area (Å²) in [5.74, 6) is 0. The molecule has 0 aliphatic carbocycles. The zero-order valence-corrected chi connectivity index (χ0v) is 12.6. The standard InChI is InChI=1S/C8H16N2.C8H12N2/c2*9-7-8-1-4-10(5-2-8)6-3-8/h1-7,9H2;1-6H2. The van der Waals surface area contributed by atoms with Gasteiger partial charge in [-0.1, -0.05) is 0 Å². The lowest BCUT2D eigenvalue weighted by atomic mass is 9.72. The number of nitrogens with two attached hydrogens (primary N) is 1. The van der Waals surface area contributed by atoms with Crippen LogP contribution in [-0.2, 0) is 0 Å². The second kappa shape index (κ2) is 5.63. The predicted octanol–water partition coefficient (Wildman–Crippen LogP) is 1.43. The molecule has 4 nitrogen and oxygen atoms in total. The molecule has 6 rings (SSSR count). The molecular weight excluding hydrogens is 248 g/mol. The van der Waals surface area contributed by atoms with Gasteiger partial charge in [-0.2, -0.15) is 5.26 Å². The van der Waals surface area contributed by atoms with E-state index in [0.717, 1.165) is 45.4 Å². The fourth-order valence-electron chi connectivity index (χ4n) is 4.20. The van der Waals surface area contributed by atoms with Gasteiger partial charge in [0, 0.05) is 0 Å². The molecule has 0 aromatic rings. The van der Waals surface area contributed by atoms with E-state index in [9.17, 15) is 0 Å². The minimum absolute atomic E-state index is 0.0920. The SMILES string of the molecule is N#CC12CCN(CC1)CC2.NCC12CCN(CC1)CC2. The summed E-state index contributed by atoms with van der Waals surface area (Å²) in [6.07, 6.45) is 7.40. The van der Waals surface area contributed by atoms with Gasteiger partial charge in [0.25, 0.3) is 0 Å². The summed E-state index contributed by atoms with van der Waals surface area (Å²) < 4.78 is 0. The molecule has 6 saturated heterocycles. The third-order valence-corrected chi connectivity index (χ3v) is 6.27. The molecule has 0 aromatic carbocycles. The number of nitriles is 1. The monoisotopic (exact) mass is 276 g/mol. The summed E-state index contributed by atoms with van der Waals surface area (Å²) in [5, 5.41) is 8.90. The molecule has 0 saturated carbocycles. The van der Waals surface area contributed by atoms with Crippen LogP contribution < -0.4 is 5.73 Å². The van der Waals surface area contributed by atoms with Crippen molar-refractivity contribution in [3.05, 3.63) is 0 Å². The summed E-state index contributed by atoms with van der Waals surface area (Å²) in [5.41, 5.74) is 6.41. The average molecular weight is 276 g/mol. The van der Waals surface area contributed by atoms with E-state index < -0.39 is 0 Å². The molecule has 0 radical (unpaired) electrons. The number of rotatable bonds is 1. The van der Waals surface area contributed by atoms with Crippen molar-refractivity contribution in [3.63, 3.8) is 0 Å². The van der Waals surface area contributed by atoms with Gasteiger partial charge in [-0.15, -0.1) is 0 Å². The minimum atomic E-state index is 0.0920. The largest absolute Gasteiger partial charge is 0.330 e. The summed E-state index contributed by atoms with van der Waals surface area (Å²) in [4.78, 5) is 5.01. The maximum Gasteiger partial charge on any atom is 0.0691 e. The van der Waals surface area contributed by atoms with Crippen LogP contribution in [0.1, 0.15) is 38.5 Å². The van der Waals surface area contributed by atoms with Gasteiger partial charge in [-0.05, 0) is 89.8 Å². The Morgan fingerprint density at radius 1 is 0.800 bits per heavy atom. The van der Waals surface area contributed by atoms with Gasteiger partial charge in [-0.3, -0.25) is 0 Å². The molecular formula is C16H28N4. The first-order valence-electron chi connectivity index (χ1n) is 8.25. The highest BCUT2D eigenvalue weighted by molar-refractivity contribution is 5.05. The van der Waals surface area contributed by atoms with E-state index in [-0.39, 0.29) is 5.41 Å². The lowest BCUT2D eigenvalue weighted by Gasteiger charge is -2.47. The number of hydrogen-bond acceptors (Lipinski definition) is 4. The minimum Gasteiger partial charge on any atom is -0.330 e. The van der Waals surface area contributed by atoms with Crippen LogP contribution in [0.2, 0.25) is 0 Å². The van der Waals surface area contributed by atoms with Crippen LogP contribution in [0.5, 0.6) is 0 Å². The van der Waals surface area contributed by atoms with E-state index in [0.29, 0.717) is 5.41 Å². The van der Waals surface area contributed by atoms with Gasteiger partial charge in [0.15, 0.2) is 0 Å². The smallest absolute Gasteiger partial charge is 0.0691 e. The zero-order chi connectivity index (χ0) is 14.1. The van der Waals surface area contributed by atoms with Crippen molar-refractivity contribution in [1.29, 1.82) is 5.26 Å². The van der Waals surface area contributed by atoms with Crippen LogP contribution in [0.15, 0.2) is 0 Å². The highest BCUT2D eigenvalue weighted by atomic mass is 15.2. The molecule has 0 amide bonds. The van der Waals surface area contributed by atoms with Gasteiger partial charge < -0.3 is 15.5 Å². The fourth-order valence-corrected chi connectivity index (χ4v) is 4.20. The van der Waals surface area contributed by atoms with Crippen molar-refractivity contribution in [2.75, 3.05) is 45.8 Å². The van der Waals surface area contributed by atoms with Gasteiger partial charge in [0.1, 0.15) is 0 Å². The average Bonchev–Trinajstić information content (AvgIpc) is 2.59. The summed E-state index contributed by atoms with van der Waals surface area (Å²) in [6, 6.07) is 2.48. The number of piperidine rings is 6. The molecule has 4 bridgehead atoms. The van der Waals surface area contributed by atoms with Crippen LogP contribution >= 0.6 is 0 Å². The molecule has 2 N–H and O–H groups in total. The highest BCUT2D eigenvalue weighted by Gasteiger charge is 2.39. The molecule has 20 heavy (non-hydrogen) atoms. The quantitative estimate of drug-likeness (QED) is 0.787. The first-order valence-corrected chi connectivity index (χ1v) is 8.25. The Hall–Kier alpha value is -0.630. The van der Waals surface area contributed by atoms with E-state index in [2.05, 4.69) is 15.9 Å². The van der Waals surface area contributed by atoms with E-state index >= 15 is 0 Å². The van der Waals surface area contributed by atoms with Crippen LogP contribution in [0.3, 0.4) is 0 Å². The highest BCUT2D eigenvalue weighted by Crippen LogP contribution is 2.39. The molecule has 6 aliphatic heterocycles. The Bertz CT molecular complexity index is 343. The van der Waals surface area contributed by atoms with Crippen LogP contribution in [-0.4, -0.2) is 55.6 Å². The summed E-state index contributed by atoms with van der Waals surface area (Å²) in [6.45, 7) is 8.31. The van der Waals surface area contributed by atoms with Gasteiger partial charge in [-0.25, -0.2) is 0 Å². The number of nitrogens with zero attached hydrogens (tertiary/aromatic N) is 3. The second-order valence-corrected chi connectivity index (χ2v) is 7.28. The fraction of sp³-hybridized carbons (Fsp3) is 0.938. The van der Waals surface area contributed by atoms with Crippen LogP contribution in [0.25, 0.3) is 0 Å². The van der Waals surface area contributed by atoms with Crippen molar-refractivity contribution in [3.8, 4) is 6.07 Å². The maximum atomic E-state index is 8.90. The number of fused-ring (bicyclic) bond motifs is 6. The lowest BCUT2D eigenvalue weighted by Crippen LogP contribution is -2.51. The van der Waals surface area contributed by atoms with Gasteiger partial charge >= 0.3 is 0 Å². The van der Waals surface area contributed by atoms with Crippen LogP contribution in [0.4, 0.5) is 0 Å². The number of hydrogen-bond donors (Lipinski definition) is 1. The Morgan fingerprint density at radius 2 is 1.20 bits per heavy atom. The first kappa shape index (κ1) is 14.3. The molecule has 4 heteroatoms. The van der Waals surface area contributed by atoms with Crippen molar-refractivity contribution in [2.45, 2.75) is 38.5 Å². The third-order valence-electron chi connectivity index (χ3n) is 6.27. The Balaban J connectivity index is 0.000000121. The van der Waals surface area contributed by atoms with Crippen molar-refractivity contribution in [1.82, 2.24) is 9.80 Å². The predicted molar refractivity (Wildman–Crippen MR) is 80.1 cm³/mol. The Labute approximate surface area is 122 Å². The molecule has 6 heterocycles. The van der Waals surface area contributed by atoms with Gasteiger partial charge in [0.05, 0.1) is 11.5 Å². The van der Waals surface area contributed by atoms with E-state index in [1.807, 2.05) is 0 Å². The molecule has 0 unspecified atom stereocenters. The lowest BCUT2D eigenvalue weighted by molar-refractivity contribution is 0.0330. The summed E-state index contributed by atoms with van der Waals surface area (Å²) in [7, 11) is 0. The topological polar surface area (TPSA) is 56.3 Å². The summed E-state index contributed by atoms with van der Waals surface area (Å²) >= 11 is 0. The Morgan fingerprint density at radius 3 is 1.45 bits per heavy atom. The van der Waals surface area contributed by atoms with Gasteiger partial charge in [0.2, 0.25) is 0 Å². The molecule has 6 aliphatic rings. The molecule has 112 valence electrons. The van der Waals surface area contributed by atoms with E-state index in [1.165, 1.54) is 38.9 Å². The molecule has 0 aromatic heterocycles. The van der Waals surface area contributed by atoms with Crippen molar-refractivity contribution in [2.24, 2.45) is 16.6 Å². The van der Waals surface area contributed by atoms with E-state index in [1.54, 1.807) is 0 Å². The van der Waals surface area contributed by atoms with Crippen molar-refractivity contribution < 1.29 is 0 Å². The van der Waals surface area contributed by atoms with Crippen LogP contribution in [0, 0.1) is 22.2 Å². The van der Waals surface area contributed by atoms with E-state index in [4.69, 9.17) is 11.0 Å². The second-order valence-electron chi connectivity index (χ2n) is 7.28. The zero-order valence-electron chi connectivity index (χ0n) is 12.6. The first-order chi connectivity index (χ1) is 9.69. The van der Waals surface area contributed by atoms with Crippen molar-refractivity contribution >= 4 is 0 Å². The molecule has 0 atom stereocenters. The third kappa shape index (κ3) is 2.72. The molecule has 0 spiro atoms. The maximum absolute atomic E-state index is 8.90.